The Morgan fingerprint density at radius 1 is 1.24 bits per heavy atom. The van der Waals surface area contributed by atoms with Gasteiger partial charge in [0.05, 0.1) is 18.4 Å². The zero-order valence-electron chi connectivity index (χ0n) is 20.7. The van der Waals surface area contributed by atoms with Gasteiger partial charge in [0.2, 0.25) is 0 Å². The van der Waals surface area contributed by atoms with Gasteiger partial charge in [-0.1, -0.05) is 43.3 Å². The number of hydrogen-bond donors (Lipinski definition) is 4. The summed E-state index contributed by atoms with van der Waals surface area (Å²) in [6.45, 7) is 2.81. The molecule has 0 radical (unpaired) electrons. The summed E-state index contributed by atoms with van der Waals surface area (Å²) in [5.41, 5.74) is 7.20. The second-order valence-electron chi connectivity index (χ2n) is 9.20. The first kappa shape index (κ1) is 26.1. The summed E-state index contributed by atoms with van der Waals surface area (Å²) in [6.07, 6.45) is -1.10. The molecule has 0 aliphatic carbocycles. The van der Waals surface area contributed by atoms with Crippen LogP contribution < -0.4 is 15.3 Å². The Balaban J connectivity index is 1.37. The Hall–Kier alpha value is -3.54. The second-order valence-corrected chi connectivity index (χ2v) is 10.9. The van der Waals surface area contributed by atoms with E-state index in [0.29, 0.717) is 22.4 Å². The zero-order chi connectivity index (χ0) is 27.0. The summed E-state index contributed by atoms with van der Waals surface area (Å²) >= 11 is 0. The number of aliphatic hydroxyl groups excluding tert-OH is 1. The molecule has 1 aliphatic heterocycles. The molecule has 13 heteroatoms. The van der Waals surface area contributed by atoms with E-state index < -0.39 is 38.1 Å². The summed E-state index contributed by atoms with van der Waals surface area (Å²) < 4.78 is 33.1. The summed E-state index contributed by atoms with van der Waals surface area (Å²) in [5, 5.41) is 28.6. The van der Waals surface area contributed by atoms with Gasteiger partial charge in [-0.25, -0.2) is 14.1 Å². The van der Waals surface area contributed by atoms with Crippen LogP contribution in [0.25, 0.3) is 16.3 Å². The van der Waals surface area contributed by atoms with Crippen molar-refractivity contribution in [1.29, 1.82) is 0 Å². The lowest BCUT2D eigenvalue weighted by Crippen LogP contribution is -2.35. The minimum absolute atomic E-state index is 0.257. The van der Waals surface area contributed by atoms with Crippen molar-refractivity contribution in [3.05, 3.63) is 66.6 Å². The fraction of sp³-hybridized carbons (Fsp3) is 0.320. The first-order valence-electron chi connectivity index (χ1n) is 12.0. The van der Waals surface area contributed by atoms with E-state index in [1.807, 2.05) is 31.2 Å². The lowest BCUT2D eigenvalue weighted by Gasteiger charge is -2.24. The molecule has 5 rings (SSSR count). The number of carboxylic acid groups (broad SMARTS) is 1. The largest absolute Gasteiger partial charge is 0.480 e. The van der Waals surface area contributed by atoms with E-state index in [2.05, 4.69) is 15.2 Å². The number of nitrogens with zero attached hydrogens (tertiary/aromatic N) is 3. The zero-order valence-corrected chi connectivity index (χ0v) is 21.6. The van der Waals surface area contributed by atoms with Crippen LogP contribution in [0, 0.1) is 5.92 Å². The molecule has 2 unspecified atom stereocenters. The number of fused-ring (bicyclic) bond motifs is 2. The third kappa shape index (κ3) is 4.96. The number of aliphatic hydroxyl groups is 1. The Morgan fingerprint density at radius 3 is 2.79 bits per heavy atom. The van der Waals surface area contributed by atoms with Crippen LogP contribution in [0.1, 0.15) is 25.6 Å². The van der Waals surface area contributed by atoms with Crippen molar-refractivity contribution in [3.63, 3.8) is 0 Å². The van der Waals surface area contributed by atoms with Gasteiger partial charge in [-0.3, -0.25) is 9.32 Å². The fourth-order valence-corrected chi connectivity index (χ4v) is 6.06. The van der Waals surface area contributed by atoms with E-state index in [1.54, 1.807) is 34.8 Å². The van der Waals surface area contributed by atoms with Crippen LogP contribution in [0.2, 0.25) is 0 Å². The molecule has 0 saturated carbocycles. The molecule has 0 spiro atoms. The molecule has 38 heavy (non-hydrogen) atoms. The van der Waals surface area contributed by atoms with E-state index >= 15 is 0 Å². The fourth-order valence-electron chi connectivity index (χ4n) is 4.53. The summed E-state index contributed by atoms with van der Waals surface area (Å²) in [4.78, 5) is 15.5. The molecule has 6 atom stereocenters. The number of benzene rings is 2. The maximum absolute atomic E-state index is 13.8. The highest BCUT2D eigenvalue weighted by molar-refractivity contribution is 7.52. The number of ether oxygens (including phenoxy) is 1. The molecule has 0 amide bonds. The number of hydrogen-bond acceptors (Lipinski definition) is 9. The Bertz CT molecular complexity index is 1520. The normalized spacial score (nSPS) is 23.9. The van der Waals surface area contributed by atoms with Crippen LogP contribution in [-0.2, 0) is 18.6 Å². The van der Waals surface area contributed by atoms with Crippen molar-refractivity contribution in [2.75, 3.05) is 12.3 Å². The number of carboxylic acids is 1. The van der Waals surface area contributed by atoms with Gasteiger partial charge in [-0.15, -0.1) is 0 Å². The van der Waals surface area contributed by atoms with Crippen LogP contribution in [0.4, 0.5) is 5.82 Å². The maximum Gasteiger partial charge on any atom is 0.459 e. The minimum atomic E-state index is -4.24. The van der Waals surface area contributed by atoms with Gasteiger partial charge in [0.1, 0.15) is 35.8 Å². The van der Waals surface area contributed by atoms with Crippen LogP contribution >= 0.6 is 7.75 Å². The van der Waals surface area contributed by atoms with E-state index in [4.69, 9.17) is 19.5 Å². The predicted molar refractivity (Wildman–Crippen MR) is 139 cm³/mol. The van der Waals surface area contributed by atoms with Crippen LogP contribution in [0.3, 0.4) is 0 Å². The monoisotopic (exact) mass is 541 g/mol. The van der Waals surface area contributed by atoms with Gasteiger partial charge in [0, 0.05) is 11.3 Å². The highest BCUT2D eigenvalue weighted by Crippen LogP contribution is 2.48. The Labute approximate surface area is 217 Å². The molecule has 2 aromatic heterocycles. The van der Waals surface area contributed by atoms with Crippen molar-refractivity contribution in [1.82, 2.24) is 19.7 Å². The van der Waals surface area contributed by atoms with Gasteiger partial charge in [0.15, 0.2) is 5.82 Å². The lowest BCUT2D eigenvalue weighted by atomic mass is 9.97. The number of nitrogens with two attached hydrogens (primary N) is 1. The molecule has 5 N–H and O–H groups in total. The first-order valence-corrected chi connectivity index (χ1v) is 13.6. The topological polar surface area (TPSA) is 171 Å². The van der Waals surface area contributed by atoms with Crippen molar-refractivity contribution < 1.29 is 33.4 Å². The average Bonchev–Trinajstić information content (AvgIpc) is 3.45. The van der Waals surface area contributed by atoms with Crippen LogP contribution in [-0.4, -0.2) is 55.6 Å². The van der Waals surface area contributed by atoms with Crippen molar-refractivity contribution in [3.8, 4) is 5.75 Å². The number of nitrogens with one attached hydrogen (secondary N) is 1. The Kier molecular flexibility index (Phi) is 7.08. The number of aliphatic carboxylic acids is 1. The van der Waals surface area contributed by atoms with Gasteiger partial charge in [-0.2, -0.15) is 10.2 Å². The number of aromatic nitrogens is 3. The predicted octanol–water partition coefficient (Wildman–Crippen LogP) is 3.17. The number of rotatable bonds is 9. The number of anilines is 1. The minimum Gasteiger partial charge on any atom is -0.480 e. The third-order valence-electron chi connectivity index (χ3n) is 6.62. The second kappa shape index (κ2) is 10.3. The molecule has 2 aromatic carbocycles. The van der Waals surface area contributed by atoms with E-state index in [-0.39, 0.29) is 18.3 Å². The summed E-state index contributed by atoms with van der Waals surface area (Å²) in [6, 6.07) is 14.9. The standard InChI is InChI=1S/C25H28N5O7P/c1-14-22(31)21(36-23(14)18-10-11-19-24(26)27-13-28-30(18)19)12-35-38(34,29-15(2)25(32)33)37-20-9-5-7-16-6-3-4-8-17(16)20/h3-11,13-15,21-23,31H,12H2,1-2H3,(H,29,34)(H,32,33)(H2,26,27,28)/t14-,15-,21?,22-,23+,38?/m0/s1. The first-order chi connectivity index (χ1) is 18.2. The quantitative estimate of drug-likeness (QED) is 0.229. The maximum atomic E-state index is 13.8. The van der Waals surface area contributed by atoms with E-state index in [1.165, 1.54) is 13.3 Å². The van der Waals surface area contributed by atoms with Crippen molar-refractivity contribution in [2.24, 2.45) is 5.92 Å². The molecule has 1 saturated heterocycles. The molecule has 1 aliphatic rings. The van der Waals surface area contributed by atoms with Gasteiger partial charge in [0.25, 0.3) is 0 Å². The highest BCUT2D eigenvalue weighted by atomic mass is 31.2. The van der Waals surface area contributed by atoms with Gasteiger partial charge >= 0.3 is 13.7 Å². The average molecular weight is 542 g/mol. The third-order valence-corrected chi connectivity index (χ3v) is 8.25. The van der Waals surface area contributed by atoms with Crippen molar-refractivity contribution >= 4 is 35.8 Å². The summed E-state index contributed by atoms with van der Waals surface area (Å²) in [7, 11) is -4.24. The molecule has 1 fully saturated rings. The molecule has 3 heterocycles. The molecule has 200 valence electrons. The molecular weight excluding hydrogens is 513 g/mol. The molecular formula is C25H28N5O7P. The van der Waals surface area contributed by atoms with Gasteiger partial charge in [-0.05, 0) is 30.5 Å². The molecule has 12 nitrogen and oxygen atoms in total. The highest BCUT2D eigenvalue weighted by Gasteiger charge is 2.44. The smallest absolute Gasteiger partial charge is 0.459 e. The number of nitrogen functional groups attached to an aromatic ring is 1. The summed E-state index contributed by atoms with van der Waals surface area (Å²) in [5.74, 6) is -1.04. The SMILES string of the molecule is C[C@H]1[C@H](O)C(COP(=O)(N[C@@H](C)C(=O)O)Oc2cccc3ccccc23)O[C@H]1c1ccc2c(N)ncnn12. The molecule has 4 aromatic rings. The van der Waals surface area contributed by atoms with Gasteiger partial charge < -0.3 is 25.2 Å². The lowest BCUT2D eigenvalue weighted by molar-refractivity contribution is -0.138. The van der Waals surface area contributed by atoms with Crippen LogP contribution in [0.15, 0.2) is 60.9 Å². The van der Waals surface area contributed by atoms with Crippen molar-refractivity contribution in [2.45, 2.75) is 38.2 Å². The Morgan fingerprint density at radius 2 is 2.00 bits per heavy atom. The van der Waals surface area contributed by atoms with E-state index in [9.17, 15) is 19.6 Å². The van der Waals surface area contributed by atoms with Crippen LogP contribution in [0.5, 0.6) is 5.75 Å². The number of carbonyl (C=O) groups is 1. The van der Waals surface area contributed by atoms with E-state index in [0.717, 1.165) is 5.39 Å². The molecule has 0 bridgehead atoms.